The number of halogens is 1. The van der Waals surface area contributed by atoms with Crippen LogP contribution >= 0.6 is 35.7 Å². The van der Waals surface area contributed by atoms with Gasteiger partial charge in [0.25, 0.3) is 0 Å². The molecule has 1 aliphatic heterocycles. The molecule has 0 radical (unpaired) electrons. The zero-order chi connectivity index (χ0) is 20.6. The topological polar surface area (TPSA) is 95.0 Å². The number of amides is 1. The first-order valence-electron chi connectivity index (χ1n) is 9.90. The Balaban J connectivity index is 0.00000729. The van der Waals surface area contributed by atoms with Crippen molar-refractivity contribution in [2.45, 2.75) is 77.5 Å². The Morgan fingerprint density at radius 1 is 1.21 bits per heavy atom. The van der Waals surface area contributed by atoms with Gasteiger partial charge in [0.05, 0.1) is 17.7 Å². The van der Waals surface area contributed by atoms with Crippen molar-refractivity contribution in [1.82, 2.24) is 16.0 Å². The molecule has 0 aromatic rings. The van der Waals surface area contributed by atoms with Crippen LogP contribution in [-0.4, -0.2) is 65.0 Å². The molecule has 0 spiro atoms. The number of hydrogen-bond acceptors (Lipinski definition) is 5. The van der Waals surface area contributed by atoms with Crippen molar-refractivity contribution in [3.63, 3.8) is 0 Å². The molecule has 0 aromatic heterocycles. The van der Waals surface area contributed by atoms with Crippen molar-refractivity contribution in [1.29, 1.82) is 0 Å². The van der Waals surface area contributed by atoms with E-state index in [1.165, 1.54) is 0 Å². The number of ether oxygens (including phenoxy) is 1. The number of aliphatic imine (C=N–C) groups is 1. The highest BCUT2D eigenvalue weighted by Crippen LogP contribution is 2.27. The van der Waals surface area contributed by atoms with E-state index in [1.807, 2.05) is 41.5 Å². The van der Waals surface area contributed by atoms with Gasteiger partial charge in [0.1, 0.15) is 5.60 Å². The number of carbonyl (C=O) groups is 1. The quantitative estimate of drug-likeness (QED) is 0.219. The van der Waals surface area contributed by atoms with E-state index in [1.54, 1.807) is 11.8 Å². The van der Waals surface area contributed by atoms with Crippen molar-refractivity contribution >= 4 is 47.8 Å². The van der Waals surface area contributed by atoms with Crippen LogP contribution in [0.4, 0.5) is 4.79 Å². The highest BCUT2D eigenvalue weighted by atomic mass is 127. The minimum absolute atomic E-state index is 0. The summed E-state index contributed by atoms with van der Waals surface area (Å²) in [6, 6.07) is 0. The van der Waals surface area contributed by atoms with Gasteiger partial charge >= 0.3 is 6.09 Å². The number of nitrogens with one attached hydrogen (secondary N) is 3. The Morgan fingerprint density at radius 2 is 1.86 bits per heavy atom. The zero-order valence-corrected chi connectivity index (χ0v) is 21.3. The summed E-state index contributed by atoms with van der Waals surface area (Å²) in [6.45, 7) is 13.3. The van der Waals surface area contributed by atoms with E-state index in [4.69, 9.17) is 4.74 Å². The second-order valence-electron chi connectivity index (χ2n) is 8.19. The van der Waals surface area contributed by atoms with Crippen LogP contribution in [0.15, 0.2) is 4.99 Å². The molecule has 0 bridgehead atoms. The maximum Gasteiger partial charge on any atom is 0.408 e. The lowest BCUT2D eigenvalue weighted by Crippen LogP contribution is -2.53. The van der Waals surface area contributed by atoms with Crippen molar-refractivity contribution in [3.05, 3.63) is 0 Å². The van der Waals surface area contributed by atoms with Crippen LogP contribution in [0.3, 0.4) is 0 Å². The van der Waals surface area contributed by atoms with Gasteiger partial charge in [-0.25, -0.2) is 4.79 Å². The van der Waals surface area contributed by atoms with Crippen LogP contribution in [0.5, 0.6) is 0 Å². The van der Waals surface area contributed by atoms with Gasteiger partial charge in [-0.3, -0.25) is 4.99 Å². The van der Waals surface area contributed by atoms with E-state index in [9.17, 15) is 9.90 Å². The Hall–Kier alpha value is -0.420. The fraction of sp³-hybridized carbons (Fsp3) is 0.895. The van der Waals surface area contributed by atoms with Gasteiger partial charge in [-0.05, 0) is 52.7 Å². The first kappa shape index (κ1) is 27.6. The molecule has 1 saturated heterocycles. The summed E-state index contributed by atoms with van der Waals surface area (Å²) in [7, 11) is 0. The molecule has 0 aliphatic carbocycles. The van der Waals surface area contributed by atoms with Crippen LogP contribution < -0.4 is 16.0 Å². The lowest BCUT2D eigenvalue weighted by molar-refractivity contribution is 0.0452. The maximum atomic E-state index is 12.3. The van der Waals surface area contributed by atoms with Gasteiger partial charge < -0.3 is 25.8 Å². The number of thioether (sulfide) groups is 1. The number of guanidine groups is 1. The second-order valence-corrected chi connectivity index (χ2v) is 9.30. The third kappa shape index (κ3) is 9.87. The fourth-order valence-corrected chi connectivity index (χ4v) is 4.06. The van der Waals surface area contributed by atoms with E-state index in [-0.39, 0.29) is 24.0 Å². The minimum atomic E-state index is -0.678. The number of nitrogens with zero attached hydrogens (tertiary/aromatic N) is 1. The number of alkyl carbamates (subject to hydrolysis) is 1. The molecular weight excluding hydrogens is 491 g/mol. The average Bonchev–Trinajstić information content (AvgIpc) is 3.01. The SMILES string of the molecule is CCNC(=NCC(CC)(CC)NC(=O)OC(C)(C)C)NCC1(O)CCSC1.I. The standard InChI is InChI=1S/C19H38N4O3S.HI/c1-7-18(8-2,23-16(24)26-17(4,5)6)12-21-15(20-9-3)22-13-19(25)10-11-27-14-19;/h25H,7-14H2,1-6H3,(H,23,24)(H2,20,21,22);1H. The summed E-state index contributed by atoms with van der Waals surface area (Å²) in [5.74, 6) is 2.38. The van der Waals surface area contributed by atoms with E-state index in [0.717, 1.165) is 37.3 Å². The third-order valence-electron chi connectivity index (χ3n) is 4.67. The molecular formula is C19H39IN4O3S. The predicted octanol–water partition coefficient (Wildman–Crippen LogP) is 3.11. The van der Waals surface area contributed by atoms with Crippen LogP contribution in [0.25, 0.3) is 0 Å². The van der Waals surface area contributed by atoms with Gasteiger partial charge in [0.2, 0.25) is 0 Å². The van der Waals surface area contributed by atoms with Gasteiger partial charge in [0, 0.05) is 18.8 Å². The molecule has 166 valence electrons. The summed E-state index contributed by atoms with van der Waals surface area (Å²) in [6.07, 6.45) is 1.85. The van der Waals surface area contributed by atoms with Gasteiger partial charge in [-0.2, -0.15) is 11.8 Å². The lowest BCUT2D eigenvalue weighted by Gasteiger charge is -2.33. The Kier molecular flexibility index (Phi) is 12.1. The lowest BCUT2D eigenvalue weighted by atomic mass is 9.93. The third-order valence-corrected chi connectivity index (χ3v) is 5.91. The molecule has 1 rings (SSSR count). The highest BCUT2D eigenvalue weighted by Gasteiger charge is 2.33. The normalized spacial score (nSPS) is 20.3. The molecule has 1 unspecified atom stereocenters. The minimum Gasteiger partial charge on any atom is -0.444 e. The molecule has 28 heavy (non-hydrogen) atoms. The van der Waals surface area contributed by atoms with E-state index >= 15 is 0 Å². The van der Waals surface area contributed by atoms with Gasteiger partial charge in [-0.15, -0.1) is 24.0 Å². The number of carbonyl (C=O) groups excluding carboxylic acids is 1. The second kappa shape index (κ2) is 12.3. The van der Waals surface area contributed by atoms with Gasteiger partial charge in [-0.1, -0.05) is 13.8 Å². The van der Waals surface area contributed by atoms with E-state index < -0.39 is 22.8 Å². The average molecular weight is 531 g/mol. The van der Waals surface area contributed by atoms with Crippen LogP contribution in [-0.2, 0) is 4.74 Å². The number of hydrogen-bond donors (Lipinski definition) is 4. The number of rotatable bonds is 8. The molecule has 0 aromatic carbocycles. The smallest absolute Gasteiger partial charge is 0.408 e. The molecule has 0 saturated carbocycles. The van der Waals surface area contributed by atoms with Crippen LogP contribution in [0, 0.1) is 0 Å². The van der Waals surface area contributed by atoms with E-state index in [0.29, 0.717) is 19.0 Å². The molecule has 1 heterocycles. The van der Waals surface area contributed by atoms with Crippen molar-refractivity contribution < 1.29 is 14.6 Å². The first-order valence-corrected chi connectivity index (χ1v) is 11.1. The van der Waals surface area contributed by atoms with Crippen LogP contribution in [0.2, 0.25) is 0 Å². The molecule has 4 N–H and O–H groups in total. The Bertz CT molecular complexity index is 502. The fourth-order valence-electron chi connectivity index (χ4n) is 2.77. The van der Waals surface area contributed by atoms with Crippen molar-refractivity contribution in [3.8, 4) is 0 Å². The molecule has 9 heteroatoms. The Labute approximate surface area is 191 Å². The first-order chi connectivity index (χ1) is 12.6. The Morgan fingerprint density at radius 3 is 2.32 bits per heavy atom. The number of aliphatic hydroxyl groups is 1. The van der Waals surface area contributed by atoms with Crippen LogP contribution in [0.1, 0.15) is 60.8 Å². The van der Waals surface area contributed by atoms with Crippen molar-refractivity contribution in [2.75, 3.05) is 31.1 Å². The van der Waals surface area contributed by atoms with E-state index in [2.05, 4.69) is 20.9 Å². The largest absolute Gasteiger partial charge is 0.444 e. The van der Waals surface area contributed by atoms with Crippen molar-refractivity contribution in [2.24, 2.45) is 4.99 Å². The summed E-state index contributed by atoms with van der Waals surface area (Å²) in [5.41, 5.74) is -1.68. The maximum absolute atomic E-state index is 12.3. The summed E-state index contributed by atoms with van der Waals surface area (Å²) in [4.78, 5) is 16.9. The van der Waals surface area contributed by atoms with Gasteiger partial charge in [0.15, 0.2) is 5.96 Å². The summed E-state index contributed by atoms with van der Waals surface area (Å²) in [5, 5.41) is 20.0. The molecule has 1 amide bonds. The summed E-state index contributed by atoms with van der Waals surface area (Å²) >= 11 is 1.77. The predicted molar refractivity (Wildman–Crippen MR) is 129 cm³/mol. The molecule has 7 nitrogen and oxygen atoms in total. The zero-order valence-electron chi connectivity index (χ0n) is 18.2. The molecule has 1 atom stereocenters. The monoisotopic (exact) mass is 530 g/mol. The molecule has 1 aliphatic rings. The molecule has 1 fully saturated rings. The summed E-state index contributed by atoms with van der Waals surface area (Å²) < 4.78 is 5.41. The highest BCUT2D eigenvalue weighted by molar-refractivity contribution is 14.0.